The number of amides is 2. The number of benzene rings is 2. The summed E-state index contributed by atoms with van der Waals surface area (Å²) in [6.45, 7) is 4.57. The Kier molecular flexibility index (Phi) is 5.07. The minimum atomic E-state index is -0.239. The molecule has 0 atom stereocenters. The number of rotatable bonds is 5. The van der Waals surface area contributed by atoms with E-state index in [1.165, 1.54) is 4.80 Å². The second-order valence-electron chi connectivity index (χ2n) is 7.04. The molecule has 0 saturated heterocycles. The molecular weight excluding hydrogens is 368 g/mol. The molecule has 0 bridgehead atoms. The Morgan fingerprint density at radius 1 is 1.14 bits per heavy atom. The number of tetrazole rings is 1. The molecule has 3 aromatic rings. The van der Waals surface area contributed by atoms with Crippen LogP contribution in [0.1, 0.15) is 24.5 Å². The van der Waals surface area contributed by atoms with E-state index in [2.05, 4.69) is 20.7 Å². The lowest BCUT2D eigenvalue weighted by Crippen LogP contribution is -2.34. The molecule has 1 aromatic heterocycles. The maximum Gasteiger partial charge on any atom is 0.248 e. The van der Waals surface area contributed by atoms with Gasteiger partial charge < -0.3 is 10.2 Å². The number of carbonyl (C=O) groups is 2. The van der Waals surface area contributed by atoms with E-state index in [4.69, 9.17) is 0 Å². The van der Waals surface area contributed by atoms with Crippen molar-refractivity contribution in [1.29, 1.82) is 0 Å². The van der Waals surface area contributed by atoms with Gasteiger partial charge in [-0.05, 0) is 49.2 Å². The van der Waals surface area contributed by atoms with Gasteiger partial charge in [-0.2, -0.15) is 4.80 Å². The first-order valence-corrected chi connectivity index (χ1v) is 9.61. The lowest BCUT2D eigenvalue weighted by molar-refractivity contribution is -0.119. The highest BCUT2D eigenvalue weighted by Gasteiger charge is 2.23. The number of nitrogens with one attached hydrogen (secondary N) is 1. The van der Waals surface area contributed by atoms with Crippen molar-refractivity contribution >= 4 is 23.2 Å². The summed E-state index contributed by atoms with van der Waals surface area (Å²) in [5.41, 5.74) is 4.68. The van der Waals surface area contributed by atoms with Gasteiger partial charge in [0.2, 0.25) is 17.6 Å². The molecule has 0 spiro atoms. The van der Waals surface area contributed by atoms with E-state index in [9.17, 15) is 9.59 Å². The van der Waals surface area contributed by atoms with Gasteiger partial charge in [0.1, 0.15) is 6.54 Å². The average Bonchev–Trinajstić information content (AvgIpc) is 3.17. The van der Waals surface area contributed by atoms with Gasteiger partial charge in [0.25, 0.3) is 0 Å². The highest BCUT2D eigenvalue weighted by Crippen LogP contribution is 2.30. The summed E-state index contributed by atoms with van der Waals surface area (Å²) in [5, 5.41) is 15.1. The van der Waals surface area contributed by atoms with Crippen molar-refractivity contribution in [2.75, 3.05) is 16.8 Å². The van der Waals surface area contributed by atoms with Crippen LogP contribution in [0.25, 0.3) is 11.4 Å². The van der Waals surface area contributed by atoms with E-state index in [1.54, 1.807) is 4.90 Å². The first kappa shape index (κ1) is 18.8. The molecule has 2 aromatic carbocycles. The zero-order valence-electron chi connectivity index (χ0n) is 16.4. The predicted octanol–water partition coefficient (Wildman–Crippen LogP) is 2.59. The fourth-order valence-corrected chi connectivity index (χ4v) is 3.44. The number of nitrogens with zero attached hydrogens (tertiary/aromatic N) is 5. The number of carbonyl (C=O) groups excluding carboxylic acids is 2. The van der Waals surface area contributed by atoms with Crippen LogP contribution in [0.3, 0.4) is 0 Å². The predicted molar refractivity (Wildman–Crippen MR) is 109 cm³/mol. The van der Waals surface area contributed by atoms with E-state index in [0.717, 1.165) is 22.4 Å². The van der Waals surface area contributed by atoms with Crippen LogP contribution in [0.15, 0.2) is 42.5 Å². The van der Waals surface area contributed by atoms with Crippen molar-refractivity contribution in [3.63, 3.8) is 0 Å². The topological polar surface area (TPSA) is 93.0 Å². The van der Waals surface area contributed by atoms with Crippen molar-refractivity contribution in [3.05, 3.63) is 53.6 Å². The number of aryl methyl sites for hydroxylation is 2. The van der Waals surface area contributed by atoms with Crippen LogP contribution in [-0.2, 0) is 22.6 Å². The summed E-state index contributed by atoms with van der Waals surface area (Å²) in [7, 11) is 0. The minimum absolute atomic E-state index is 0.0322. The Labute approximate surface area is 168 Å². The number of hydrogen-bond acceptors (Lipinski definition) is 5. The van der Waals surface area contributed by atoms with Crippen LogP contribution in [0.2, 0.25) is 0 Å². The number of aromatic nitrogens is 4. The summed E-state index contributed by atoms with van der Waals surface area (Å²) < 4.78 is 0. The van der Waals surface area contributed by atoms with Crippen LogP contribution in [-0.4, -0.2) is 38.6 Å². The number of anilines is 2. The monoisotopic (exact) mass is 390 g/mol. The van der Waals surface area contributed by atoms with Crippen molar-refractivity contribution in [3.8, 4) is 11.4 Å². The van der Waals surface area contributed by atoms with Gasteiger partial charge in [-0.15, -0.1) is 10.2 Å². The van der Waals surface area contributed by atoms with Gasteiger partial charge in [-0.25, -0.2) is 0 Å². The lowest BCUT2D eigenvalue weighted by atomic mass is 10.0. The standard InChI is InChI=1S/C21H22N6O2/c1-3-26-18-10-9-17(12-16(18)8-11-20(26)29)22-19(28)13-27-24-21(23-25-27)15-6-4-14(2)5-7-15/h4-7,9-10,12H,3,8,11,13H2,1-2H3,(H,22,28). The van der Waals surface area contributed by atoms with Gasteiger partial charge in [0, 0.05) is 29.9 Å². The van der Waals surface area contributed by atoms with Crippen molar-refractivity contribution in [1.82, 2.24) is 20.2 Å². The molecule has 2 heterocycles. The molecule has 0 saturated carbocycles. The molecule has 0 radical (unpaired) electrons. The van der Waals surface area contributed by atoms with Gasteiger partial charge in [0.15, 0.2) is 0 Å². The third-order valence-electron chi connectivity index (χ3n) is 4.93. The van der Waals surface area contributed by atoms with Gasteiger partial charge in [-0.1, -0.05) is 29.8 Å². The van der Waals surface area contributed by atoms with Crippen LogP contribution in [0.4, 0.5) is 11.4 Å². The molecule has 1 N–H and O–H groups in total. The first-order chi connectivity index (χ1) is 14.0. The molecule has 0 fully saturated rings. The van der Waals surface area contributed by atoms with E-state index < -0.39 is 0 Å². The highest BCUT2D eigenvalue weighted by atomic mass is 16.2. The third kappa shape index (κ3) is 4.01. The molecule has 1 aliphatic rings. The molecule has 4 rings (SSSR count). The molecule has 2 amide bonds. The summed E-state index contributed by atoms with van der Waals surface area (Å²) in [4.78, 5) is 27.5. The van der Waals surface area contributed by atoms with Crippen LogP contribution >= 0.6 is 0 Å². The number of hydrogen-bond donors (Lipinski definition) is 1. The minimum Gasteiger partial charge on any atom is -0.324 e. The largest absolute Gasteiger partial charge is 0.324 e. The maximum atomic E-state index is 12.4. The van der Waals surface area contributed by atoms with Gasteiger partial charge in [-0.3, -0.25) is 9.59 Å². The zero-order valence-corrected chi connectivity index (χ0v) is 16.4. The van der Waals surface area contributed by atoms with E-state index >= 15 is 0 Å². The Morgan fingerprint density at radius 2 is 1.93 bits per heavy atom. The maximum absolute atomic E-state index is 12.4. The highest BCUT2D eigenvalue weighted by molar-refractivity contribution is 5.97. The summed E-state index contributed by atoms with van der Waals surface area (Å²) in [6.07, 6.45) is 1.17. The molecule has 148 valence electrons. The second kappa shape index (κ2) is 7.83. The fourth-order valence-electron chi connectivity index (χ4n) is 3.44. The SMILES string of the molecule is CCN1C(=O)CCc2cc(NC(=O)Cn3nnc(-c4ccc(C)cc4)n3)ccc21. The summed E-state index contributed by atoms with van der Waals surface area (Å²) >= 11 is 0. The molecule has 0 unspecified atom stereocenters. The number of fused-ring (bicyclic) bond motifs is 1. The normalized spacial score (nSPS) is 13.3. The Hall–Kier alpha value is -3.55. The molecule has 29 heavy (non-hydrogen) atoms. The van der Waals surface area contributed by atoms with Crippen LogP contribution < -0.4 is 10.2 Å². The van der Waals surface area contributed by atoms with Crippen LogP contribution in [0.5, 0.6) is 0 Å². The van der Waals surface area contributed by atoms with E-state index in [-0.39, 0.29) is 18.4 Å². The average molecular weight is 390 g/mol. The van der Waals surface area contributed by atoms with Crippen molar-refractivity contribution in [2.45, 2.75) is 33.2 Å². The van der Waals surface area contributed by atoms with Crippen molar-refractivity contribution < 1.29 is 9.59 Å². The Bertz CT molecular complexity index is 1060. The third-order valence-corrected chi connectivity index (χ3v) is 4.93. The van der Waals surface area contributed by atoms with Crippen LogP contribution in [0, 0.1) is 6.92 Å². The molecule has 8 nitrogen and oxygen atoms in total. The molecule has 1 aliphatic heterocycles. The lowest BCUT2D eigenvalue weighted by Gasteiger charge is -2.28. The smallest absolute Gasteiger partial charge is 0.248 e. The van der Waals surface area contributed by atoms with E-state index in [0.29, 0.717) is 30.9 Å². The van der Waals surface area contributed by atoms with Crippen molar-refractivity contribution in [2.24, 2.45) is 0 Å². The zero-order chi connectivity index (χ0) is 20.4. The Balaban J connectivity index is 1.43. The summed E-state index contributed by atoms with van der Waals surface area (Å²) in [5.74, 6) is 0.381. The van der Waals surface area contributed by atoms with Gasteiger partial charge >= 0.3 is 0 Å². The first-order valence-electron chi connectivity index (χ1n) is 9.61. The Morgan fingerprint density at radius 3 is 2.69 bits per heavy atom. The van der Waals surface area contributed by atoms with Gasteiger partial charge in [0.05, 0.1) is 0 Å². The fraction of sp³-hybridized carbons (Fsp3) is 0.286. The molecule has 0 aliphatic carbocycles. The summed E-state index contributed by atoms with van der Waals surface area (Å²) in [6, 6.07) is 13.4. The quantitative estimate of drug-likeness (QED) is 0.723. The second-order valence-corrected chi connectivity index (χ2v) is 7.04. The molecule has 8 heteroatoms. The van der Waals surface area contributed by atoms with E-state index in [1.807, 2.05) is 56.3 Å². The molecular formula is C21H22N6O2.